The number of hydrogen-bond donors (Lipinski definition) is 2. The molecule has 3 rings (SSSR count). The first kappa shape index (κ1) is 18.5. The van der Waals surface area contributed by atoms with E-state index in [1.54, 1.807) is 11.8 Å². The van der Waals surface area contributed by atoms with Crippen LogP contribution in [0.2, 0.25) is 0 Å². The van der Waals surface area contributed by atoms with Crippen LogP contribution >= 0.6 is 11.3 Å². The fraction of sp³-hybridized carbons (Fsp3) is 0.529. The van der Waals surface area contributed by atoms with Crippen molar-refractivity contribution in [3.05, 3.63) is 26.6 Å². The molecule has 2 aromatic heterocycles. The molecule has 9 heteroatoms. The number of aromatic nitrogens is 2. The number of primary amides is 1. The Morgan fingerprint density at radius 2 is 2.00 bits per heavy atom. The summed E-state index contributed by atoms with van der Waals surface area (Å²) >= 11 is 1.26. The Labute approximate surface area is 155 Å². The first-order valence-electron chi connectivity index (χ1n) is 8.53. The Hall–Kier alpha value is -2.26. The van der Waals surface area contributed by atoms with Gasteiger partial charge in [0.25, 0.3) is 11.5 Å². The van der Waals surface area contributed by atoms with Gasteiger partial charge in [-0.05, 0) is 39.4 Å². The average Bonchev–Trinajstić information content (AvgIpc) is 2.90. The van der Waals surface area contributed by atoms with Crippen LogP contribution in [0.3, 0.4) is 0 Å². The van der Waals surface area contributed by atoms with Crippen molar-refractivity contribution in [1.82, 2.24) is 19.8 Å². The summed E-state index contributed by atoms with van der Waals surface area (Å²) in [5.41, 5.74) is 5.80. The van der Waals surface area contributed by atoms with E-state index in [1.807, 2.05) is 19.0 Å². The molecule has 0 saturated carbocycles. The molecular formula is C17H23N5O3S. The lowest BCUT2D eigenvalue weighted by Gasteiger charge is -2.30. The van der Waals surface area contributed by atoms with Crippen LogP contribution in [0.15, 0.2) is 4.79 Å². The molecule has 1 aliphatic rings. The maximum absolute atomic E-state index is 12.9. The first-order chi connectivity index (χ1) is 12.3. The summed E-state index contributed by atoms with van der Waals surface area (Å²) in [6, 6.07) is 0. The highest BCUT2D eigenvalue weighted by molar-refractivity contribution is 7.20. The van der Waals surface area contributed by atoms with E-state index in [9.17, 15) is 14.4 Å². The Morgan fingerprint density at radius 1 is 1.35 bits per heavy atom. The van der Waals surface area contributed by atoms with Crippen molar-refractivity contribution < 1.29 is 9.59 Å². The quantitative estimate of drug-likeness (QED) is 0.814. The highest BCUT2D eigenvalue weighted by Crippen LogP contribution is 2.29. The van der Waals surface area contributed by atoms with Gasteiger partial charge in [0.05, 0.1) is 16.8 Å². The predicted molar refractivity (Wildman–Crippen MR) is 100 cm³/mol. The molecule has 8 nitrogen and oxygen atoms in total. The lowest BCUT2D eigenvalue weighted by molar-refractivity contribution is -0.123. The van der Waals surface area contributed by atoms with Crippen molar-refractivity contribution >= 4 is 33.4 Å². The first-order valence-corrected chi connectivity index (χ1v) is 9.35. The molecule has 26 heavy (non-hydrogen) atoms. The fourth-order valence-corrected chi connectivity index (χ4v) is 4.45. The summed E-state index contributed by atoms with van der Waals surface area (Å²) in [5, 5.41) is 0.480. The van der Waals surface area contributed by atoms with Crippen LogP contribution in [-0.2, 0) is 11.3 Å². The van der Waals surface area contributed by atoms with Crippen molar-refractivity contribution in [3.63, 3.8) is 0 Å². The molecule has 1 aliphatic heterocycles. The molecule has 2 aromatic rings. The SMILES string of the molecule is Cc1c(C(=O)N2CCC(C(N)=O)CC2)sc2nc(CN(C)C)[nH]c(=O)c12. The molecule has 0 bridgehead atoms. The topological polar surface area (TPSA) is 112 Å². The van der Waals surface area contributed by atoms with E-state index < -0.39 is 0 Å². The molecule has 0 atom stereocenters. The summed E-state index contributed by atoms with van der Waals surface area (Å²) < 4.78 is 0. The number of nitrogens with one attached hydrogen (secondary N) is 1. The van der Waals surface area contributed by atoms with Crippen molar-refractivity contribution in [3.8, 4) is 0 Å². The second-order valence-corrected chi connectivity index (χ2v) is 7.95. The van der Waals surface area contributed by atoms with E-state index in [0.29, 0.717) is 59.0 Å². The zero-order valence-electron chi connectivity index (χ0n) is 15.2. The third-order valence-electron chi connectivity index (χ3n) is 4.69. The fourth-order valence-electron chi connectivity index (χ4n) is 3.28. The molecule has 0 spiro atoms. The average molecular weight is 377 g/mol. The largest absolute Gasteiger partial charge is 0.369 e. The Kier molecular flexibility index (Phi) is 5.10. The highest BCUT2D eigenvalue weighted by atomic mass is 32.1. The van der Waals surface area contributed by atoms with Crippen LogP contribution in [0, 0.1) is 12.8 Å². The highest BCUT2D eigenvalue weighted by Gasteiger charge is 2.29. The molecule has 140 valence electrons. The Morgan fingerprint density at radius 3 is 2.58 bits per heavy atom. The van der Waals surface area contributed by atoms with Crippen molar-refractivity contribution in [2.24, 2.45) is 11.7 Å². The standard InChI is InChI=1S/C17H23N5O3S/c1-9-12-15(24)19-11(8-21(2)3)20-16(12)26-13(9)17(25)22-6-4-10(5-7-22)14(18)23/h10H,4-8H2,1-3H3,(H2,18,23)(H,19,20,24). The lowest BCUT2D eigenvalue weighted by atomic mass is 9.96. The van der Waals surface area contributed by atoms with Gasteiger partial charge in [-0.3, -0.25) is 14.4 Å². The number of carbonyl (C=O) groups excluding carboxylic acids is 2. The van der Waals surface area contributed by atoms with Crippen LogP contribution in [0.25, 0.3) is 10.2 Å². The van der Waals surface area contributed by atoms with E-state index in [2.05, 4.69) is 9.97 Å². The third-order valence-corrected chi connectivity index (χ3v) is 5.87. The van der Waals surface area contributed by atoms with Gasteiger partial charge in [0, 0.05) is 19.0 Å². The van der Waals surface area contributed by atoms with E-state index >= 15 is 0 Å². The number of likely N-dealkylation sites (tertiary alicyclic amines) is 1. The number of thiophene rings is 1. The number of amides is 2. The van der Waals surface area contributed by atoms with Crippen LogP contribution in [-0.4, -0.2) is 58.8 Å². The van der Waals surface area contributed by atoms with Gasteiger partial charge < -0.3 is 20.5 Å². The van der Waals surface area contributed by atoms with E-state index in [-0.39, 0.29) is 23.3 Å². The van der Waals surface area contributed by atoms with Crippen LogP contribution in [0.5, 0.6) is 0 Å². The van der Waals surface area contributed by atoms with Gasteiger partial charge in [-0.2, -0.15) is 0 Å². The number of aryl methyl sites for hydroxylation is 1. The minimum atomic E-state index is -0.306. The number of piperidine rings is 1. The zero-order valence-corrected chi connectivity index (χ0v) is 16.0. The van der Waals surface area contributed by atoms with Gasteiger partial charge in [0.15, 0.2) is 0 Å². The summed E-state index contributed by atoms with van der Waals surface area (Å²) in [5.74, 6) is -0.00282. The molecular weight excluding hydrogens is 354 g/mol. The summed E-state index contributed by atoms with van der Waals surface area (Å²) in [6.07, 6.45) is 1.16. The summed E-state index contributed by atoms with van der Waals surface area (Å²) in [4.78, 5) is 48.7. The van der Waals surface area contributed by atoms with E-state index in [1.165, 1.54) is 11.3 Å². The molecule has 2 amide bonds. The minimum absolute atomic E-state index is 0.109. The van der Waals surface area contributed by atoms with Crippen LogP contribution < -0.4 is 11.3 Å². The van der Waals surface area contributed by atoms with E-state index in [0.717, 1.165) is 0 Å². The lowest BCUT2D eigenvalue weighted by Crippen LogP contribution is -2.41. The Balaban J connectivity index is 1.89. The second-order valence-electron chi connectivity index (χ2n) is 6.96. The summed E-state index contributed by atoms with van der Waals surface area (Å²) in [7, 11) is 3.79. The predicted octanol–water partition coefficient (Wildman–Crippen LogP) is 0.692. The number of nitrogens with two attached hydrogens (primary N) is 1. The molecule has 1 saturated heterocycles. The maximum Gasteiger partial charge on any atom is 0.264 e. The smallest absolute Gasteiger partial charge is 0.264 e. The van der Waals surface area contributed by atoms with Gasteiger partial charge in [0.2, 0.25) is 5.91 Å². The van der Waals surface area contributed by atoms with Gasteiger partial charge in [-0.15, -0.1) is 11.3 Å². The number of rotatable bonds is 4. The molecule has 0 unspecified atom stereocenters. The molecule has 3 heterocycles. The molecule has 0 radical (unpaired) electrons. The van der Waals surface area contributed by atoms with Gasteiger partial charge in [-0.25, -0.2) is 4.98 Å². The molecule has 3 N–H and O–H groups in total. The third kappa shape index (κ3) is 3.49. The van der Waals surface area contributed by atoms with Crippen molar-refractivity contribution in [2.45, 2.75) is 26.3 Å². The number of fused-ring (bicyclic) bond motifs is 1. The van der Waals surface area contributed by atoms with Crippen molar-refractivity contribution in [1.29, 1.82) is 0 Å². The second kappa shape index (κ2) is 7.16. The zero-order chi connectivity index (χ0) is 19.0. The number of carbonyl (C=O) groups is 2. The van der Waals surface area contributed by atoms with E-state index in [4.69, 9.17) is 5.73 Å². The van der Waals surface area contributed by atoms with Crippen LogP contribution in [0.4, 0.5) is 0 Å². The Bertz CT molecular complexity index is 909. The van der Waals surface area contributed by atoms with Gasteiger partial charge in [0.1, 0.15) is 10.7 Å². The maximum atomic E-state index is 12.9. The molecule has 0 aliphatic carbocycles. The number of H-pyrrole nitrogens is 1. The van der Waals surface area contributed by atoms with Crippen LogP contribution in [0.1, 0.15) is 33.9 Å². The summed E-state index contributed by atoms with van der Waals surface area (Å²) in [6.45, 7) is 3.29. The van der Waals surface area contributed by atoms with Gasteiger partial charge >= 0.3 is 0 Å². The number of nitrogens with zero attached hydrogens (tertiary/aromatic N) is 3. The molecule has 1 fully saturated rings. The molecule has 0 aromatic carbocycles. The minimum Gasteiger partial charge on any atom is -0.369 e. The normalized spacial score (nSPS) is 15.8. The number of hydrogen-bond acceptors (Lipinski definition) is 6. The number of aromatic amines is 1. The van der Waals surface area contributed by atoms with Gasteiger partial charge in [-0.1, -0.05) is 0 Å². The monoisotopic (exact) mass is 377 g/mol. The van der Waals surface area contributed by atoms with Crippen molar-refractivity contribution in [2.75, 3.05) is 27.2 Å².